The van der Waals surface area contributed by atoms with Crippen LogP contribution in [0.15, 0.2) is 24.5 Å². The molecule has 1 aromatic carbocycles. The maximum absolute atomic E-state index is 12.3. The van der Waals surface area contributed by atoms with Gasteiger partial charge in [-0.25, -0.2) is 5.10 Å². The number of anilines is 2. The number of rotatable bonds is 3. The van der Waals surface area contributed by atoms with Crippen molar-refractivity contribution in [3.05, 3.63) is 24.5 Å². The van der Waals surface area contributed by atoms with E-state index < -0.39 is 5.92 Å². The van der Waals surface area contributed by atoms with Crippen molar-refractivity contribution in [3.63, 3.8) is 0 Å². The zero-order chi connectivity index (χ0) is 16.5. The van der Waals surface area contributed by atoms with E-state index >= 15 is 0 Å². The van der Waals surface area contributed by atoms with Crippen molar-refractivity contribution in [2.24, 2.45) is 5.92 Å². The predicted molar refractivity (Wildman–Crippen MR) is 82.9 cm³/mol. The number of hydrogen-bond acceptors (Lipinski definition) is 6. The zero-order valence-electron chi connectivity index (χ0n) is 12.7. The Morgan fingerprint density at radius 1 is 1.29 bits per heavy atom. The number of aromatic nitrogens is 3. The molecule has 124 valence electrons. The van der Waals surface area contributed by atoms with Crippen LogP contribution in [0, 0.1) is 5.92 Å². The summed E-state index contributed by atoms with van der Waals surface area (Å²) in [6, 6.07) is 5.34. The molecule has 3 heterocycles. The highest BCUT2D eigenvalue weighted by Crippen LogP contribution is 2.36. The van der Waals surface area contributed by atoms with Gasteiger partial charge in [-0.2, -0.15) is 10.1 Å². The van der Waals surface area contributed by atoms with Crippen molar-refractivity contribution < 1.29 is 19.1 Å². The number of hydrogen-bond donors (Lipinski definition) is 2. The fourth-order valence-corrected chi connectivity index (χ4v) is 2.82. The van der Waals surface area contributed by atoms with Crippen LogP contribution < -0.4 is 19.7 Å². The number of H-pyrrole nitrogens is 1. The largest absolute Gasteiger partial charge is 0.486 e. The number of aromatic amines is 1. The van der Waals surface area contributed by atoms with Crippen molar-refractivity contribution in [1.82, 2.24) is 15.2 Å². The van der Waals surface area contributed by atoms with E-state index in [0.29, 0.717) is 36.9 Å². The standard InChI is InChI=1S/C15H15N5O4/c21-13-5-9(14(22)18-15-16-8-17-19-15)7-20(13)10-1-2-11-12(6-10)24-4-3-23-11/h1-2,6,8-9H,3-5,7H2,(H2,16,17,18,19,22). The first kappa shape index (κ1) is 14.5. The maximum Gasteiger partial charge on any atom is 0.232 e. The minimum absolute atomic E-state index is 0.107. The van der Waals surface area contributed by atoms with Crippen LogP contribution in [-0.2, 0) is 9.59 Å². The summed E-state index contributed by atoms with van der Waals surface area (Å²) in [5.41, 5.74) is 0.694. The van der Waals surface area contributed by atoms with Gasteiger partial charge in [0.15, 0.2) is 11.5 Å². The maximum atomic E-state index is 12.3. The van der Waals surface area contributed by atoms with E-state index in [1.54, 1.807) is 23.1 Å². The molecular weight excluding hydrogens is 314 g/mol. The second kappa shape index (κ2) is 5.84. The van der Waals surface area contributed by atoms with Crippen LogP contribution in [-0.4, -0.2) is 46.8 Å². The molecule has 24 heavy (non-hydrogen) atoms. The zero-order valence-corrected chi connectivity index (χ0v) is 12.7. The summed E-state index contributed by atoms with van der Waals surface area (Å²) in [5, 5.41) is 8.84. The van der Waals surface area contributed by atoms with Crippen LogP contribution in [0.3, 0.4) is 0 Å². The average molecular weight is 329 g/mol. The smallest absolute Gasteiger partial charge is 0.232 e. The molecule has 2 aliphatic rings. The number of benzene rings is 1. The highest BCUT2D eigenvalue weighted by atomic mass is 16.6. The van der Waals surface area contributed by atoms with E-state index in [1.165, 1.54) is 6.33 Å². The minimum atomic E-state index is -0.448. The molecule has 0 saturated carbocycles. The summed E-state index contributed by atoms with van der Waals surface area (Å²) < 4.78 is 11.0. The minimum Gasteiger partial charge on any atom is -0.486 e. The molecule has 0 radical (unpaired) electrons. The molecule has 9 nitrogen and oxygen atoms in total. The Kier molecular flexibility index (Phi) is 3.52. The number of carbonyl (C=O) groups is 2. The molecule has 1 fully saturated rings. The normalized spacial score (nSPS) is 19.4. The first-order chi connectivity index (χ1) is 11.7. The molecule has 0 spiro atoms. The molecule has 2 N–H and O–H groups in total. The Balaban J connectivity index is 1.49. The van der Waals surface area contributed by atoms with Gasteiger partial charge in [-0.15, -0.1) is 0 Å². The molecule has 0 aliphatic carbocycles. The van der Waals surface area contributed by atoms with E-state index in [9.17, 15) is 9.59 Å². The van der Waals surface area contributed by atoms with Crippen molar-refractivity contribution in [1.29, 1.82) is 0 Å². The quantitative estimate of drug-likeness (QED) is 0.852. The third kappa shape index (κ3) is 2.64. The van der Waals surface area contributed by atoms with E-state index in [2.05, 4.69) is 20.5 Å². The summed E-state index contributed by atoms with van der Waals surface area (Å²) in [5.74, 6) is 0.725. The van der Waals surface area contributed by atoms with Crippen LogP contribution in [0.2, 0.25) is 0 Å². The third-order valence-corrected chi connectivity index (χ3v) is 3.99. The molecule has 9 heteroatoms. The Bertz CT molecular complexity index is 776. The van der Waals surface area contributed by atoms with E-state index in [1.807, 2.05) is 0 Å². The molecule has 2 amide bonds. The molecule has 1 saturated heterocycles. The SMILES string of the molecule is O=C(Nc1ncn[nH]1)C1CC(=O)N(c2ccc3c(c2)OCCO3)C1. The number of ether oxygens (including phenoxy) is 2. The predicted octanol–water partition coefficient (Wildman–Crippen LogP) is 0.567. The van der Waals surface area contributed by atoms with Gasteiger partial charge in [0.1, 0.15) is 19.5 Å². The molecule has 2 aromatic rings. The summed E-state index contributed by atoms with van der Waals surface area (Å²) in [6.45, 7) is 1.30. The lowest BCUT2D eigenvalue weighted by Gasteiger charge is -2.22. The van der Waals surface area contributed by atoms with Gasteiger partial charge in [0.2, 0.25) is 17.8 Å². The molecule has 1 aromatic heterocycles. The van der Waals surface area contributed by atoms with Gasteiger partial charge in [0.25, 0.3) is 0 Å². The Hall–Kier alpha value is -3.10. The van der Waals surface area contributed by atoms with Crippen LogP contribution in [0.5, 0.6) is 11.5 Å². The fraction of sp³-hybridized carbons (Fsp3) is 0.333. The van der Waals surface area contributed by atoms with Crippen LogP contribution in [0.1, 0.15) is 6.42 Å². The number of fused-ring (bicyclic) bond motifs is 1. The Morgan fingerprint density at radius 3 is 2.92 bits per heavy atom. The Morgan fingerprint density at radius 2 is 2.12 bits per heavy atom. The van der Waals surface area contributed by atoms with Crippen LogP contribution in [0.4, 0.5) is 11.6 Å². The van der Waals surface area contributed by atoms with E-state index in [4.69, 9.17) is 9.47 Å². The summed E-state index contributed by atoms with van der Waals surface area (Å²) in [6.07, 6.45) is 1.45. The van der Waals surface area contributed by atoms with Gasteiger partial charge in [-0.1, -0.05) is 0 Å². The molecule has 2 aliphatic heterocycles. The topological polar surface area (TPSA) is 109 Å². The molecule has 1 unspecified atom stereocenters. The van der Waals surface area contributed by atoms with Gasteiger partial charge in [-0.05, 0) is 12.1 Å². The molecular formula is C15H15N5O4. The average Bonchev–Trinajstić information content (AvgIpc) is 3.24. The lowest BCUT2D eigenvalue weighted by atomic mass is 10.1. The summed E-state index contributed by atoms with van der Waals surface area (Å²) in [4.78, 5) is 30.0. The van der Waals surface area contributed by atoms with E-state index in [-0.39, 0.29) is 24.2 Å². The van der Waals surface area contributed by atoms with Crippen LogP contribution >= 0.6 is 0 Å². The van der Waals surface area contributed by atoms with Crippen molar-refractivity contribution in [2.75, 3.05) is 30.0 Å². The number of nitrogens with one attached hydrogen (secondary N) is 2. The summed E-state index contributed by atoms with van der Waals surface area (Å²) >= 11 is 0. The number of amides is 2. The lowest BCUT2D eigenvalue weighted by molar-refractivity contribution is -0.122. The van der Waals surface area contributed by atoms with Gasteiger partial charge in [-0.3, -0.25) is 14.9 Å². The van der Waals surface area contributed by atoms with E-state index in [0.717, 1.165) is 0 Å². The second-order valence-corrected chi connectivity index (χ2v) is 5.56. The molecule has 1 atom stereocenters. The number of nitrogens with zero attached hydrogens (tertiary/aromatic N) is 3. The van der Waals surface area contributed by atoms with Crippen molar-refractivity contribution in [2.45, 2.75) is 6.42 Å². The molecule has 4 rings (SSSR count). The van der Waals surface area contributed by atoms with Crippen molar-refractivity contribution >= 4 is 23.5 Å². The monoisotopic (exact) mass is 329 g/mol. The van der Waals surface area contributed by atoms with Crippen molar-refractivity contribution in [3.8, 4) is 11.5 Å². The highest BCUT2D eigenvalue weighted by molar-refractivity contribution is 6.03. The third-order valence-electron chi connectivity index (χ3n) is 3.99. The van der Waals surface area contributed by atoms with Gasteiger partial charge < -0.3 is 14.4 Å². The van der Waals surface area contributed by atoms with Crippen LogP contribution in [0.25, 0.3) is 0 Å². The second-order valence-electron chi connectivity index (χ2n) is 5.56. The highest BCUT2D eigenvalue weighted by Gasteiger charge is 2.35. The van der Waals surface area contributed by atoms with Gasteiger partial charge >= 0.3 is 0 Å². The lowest BCUT2D eigenvalue weighted by Crippen LogP contribution is -2.28. The fourth-order valence-electron chi connectivity index (χ4n) is 2.82. The van der Waals surface area contributed by atoms with Gasteiger partial charge in [0.05, 0.1) is 5.92 Å². The first-order valence-corrected chi connectivity index (χ1v) is 7.57. The first-order valence-electron chi connectivity index (χ1n) is 7.57. The summed E-state index contributed by atoms with van der Waals surface area (Å²) in [7, 11) is 0. The van der Waals surface area contributed by atoms with Gasteiger partial charge in [0, 0.05) is 24.7 Å². The molecule has 0 bridgehead atoms. The Labute approximate surface area is 137 Å². The number of carbonyl (C=O) groups excluding carboxylic acids is 2.